The van der Waals surface area contributed by atoms with Crippen molar-refractivity contribution in [3.05, 3.63) is 62.4 Å². The van der Waals surface area contributed by atoms with Gasteiger partial charge in [-0.1, -0.05) is 22.9 Å². The van der Waals surface area contributed by atoms with Crippen LogP contribution in [0.4, 0.5) is 5.69 Å². The van der Waals surface area contributed by atoms with Gasteiger partial charge in [-0.05, 0) is 43.2 Å². The summed E-state index contributed by atoms with van der Waals surface area (Å²) in [5.74, 6) is -0.747. The smallest absolute Gasteiger partial charge is 0.270 e. The second-order valence-corrected chi connectivity index (χ2v) is 11.4. The lowest BCUT2D eigenvalue weighted by molar-refractivity contribution is -0.384. The molecule has 13 heteroatoms. The Hall–Kier alpha value is -2.64. The maximum absolute atomic E-state index is 13.0. The summed E-state index contributed by atoms with van der Waals surface area (Å²) in [4.78, 5) is 28.6. The van der Waals surface area contributed by atoms with E-state index in [1.165, 1.54) is 52.0 Å². The monoisotopic (exact) mass is 538 g/mol. The number of non-ortho nitro benzene ring substituents is 1. The number of aromatic nitrogens is 1. The number of nitro benzene ring substituents is 1. The molecular formula is C22H23ClN4O6S2. The number of carbonyl (C=O) groups is 1. The first-order chi connectivity index (χ1) is 16.7. The highest BCUT2D eigenvalue weighted by Gasteiger charge is 2.32. The summed E-state index contributed by atoms with van der Waals surface area (Å²) in [6.07, 6.45) is 0.702. The molecule has 0 bridgehead atoms. The molecule has 1 fully saturated rings. The van der Waals surface area contributed by atoms with Gasteiger partial charge in [-0.3, -0.25) is 14.9 Å². The van der Waals surface area contributed by atoms with Crippen LogP contribution in [0.2, 0.25) is 5.02 Å². The first kappa shape index (κ1) is 25.5. The van der Waals surface area contributed by atoms with Crippen molar-refractivity contribution in [2.45, 2.75) is 24.3 Å². The molecule has 0 N–H and O–H groups in total. The van der Waals surface area contributed by atoms with Crippen LogP contribution >= 0.6 is 22.9 Å². The maximum atomic E-state index is 13.0. The number of nitro groups is 1. The molecule has 4 rings (SSSR count). The summed E-state index contributed by atoms with van der Waals surface area (Å²) in [7, 11) is -2.11. The first-order valence-electron chi connectivity index (χ1n) is 10.8. The molecule has 0 unspecified atom stereocenters. The molecule has 35 heavy (non-hydrogen) atoms. The molecule has 10 nitrogen and oxygen atoms in total. The average molecular weight is 539 g/mol. The van der Waals surface area contributed by atoms with E-state index in [2.05, 4.69) is 4.99 Å². The van der Waals surface area contributed by atoms with Crippen molar-refractivity contribution in [1.29, 1.82) is 0 Å². The Kier molecular flexibility index (Phi) is 7.67. The quantitative estimate of drug-likeness (QED) is 0.335. The van der Waals surface area contributed by atoms with Crippen LogP contribution in [0, 0.1) is 16.0 Å². The van der Waals surface area contributed by atoms with Crippen molar-refractivity contribution in [3.8, 4) is 0 Å². The Morgan fingerprint density at radius 2 is 1.91 bits per heavy atom. The predicted octanol–water partition coefficient (Wildman–Crippen LogP) is 3.44. The van der Waals surface area contributed by atoms with E-state index in [0.29, 0.717) is 40.5 Å². The van der Waals surface area contributed by atoms with E-state index in [0.717, 1.165) is 5.52 Å². The standard InChI is InChI=1S/C22H23ClN4O6S2/c1-33-13-12-26-19-7-4-17(27(29)30)14-20(19)34-22(26)24-21(28)15-8-10-25(11-9-15)35(31,32)18-5-2-16(23)3-6-18/h2-7,14-15H,8-13H2,1H3. The van der Waals surface area contributed by atoms with Crippen LogP contribution in [-0.2, 0) is 26.1 Å². The second kappa shape index (κ2) is 10.5. The van der Waals surface area contributed by atoms with Gasteiger partial charge < -0.3 is 9.30 Å². The van der Waals surface area contributed by atoms with Gasteiger partial charge in [0.25, 0.3) is 11.6 Å². The molecule has 1 amide bonds. The fraction of sp³-hybridized carbons (Fsp3) is 0.364. The number of halogens is 1. The minimum atomic E-state index is -3.67. The minimum absolute atomic E-state index is 0.0372. The van der Waals surface area contributed by atoms with Gasteiger partial charge >= 0.3 is 0 Å². The molecule has 1 aromatic heterocycles. The molecule has 0 radical (unpaired) electrons. The van der Waals surface area contributed by atoms with Gasteiger partial charge in [-0.15, -0.1) is 0 Å². The summed E-state index contributed by atoms with van der Waals surface area (Å²) in [6, 6.07) is 10.5. The Labute approximate surface area is 210 Å². The van der Waals surface area contributed by atoms with E-state index >= 15 is 0 Å². The van der Waals surface area contributed by atoms with Gasteiger partial charge in [0.15, 0.2) is 4.80 Å². The van der Waals surface area contributed by atoms with Gasteiger partial charge in [-0.25, -0.2) is 8.42 Å². The topological polar surface area (TPSA) is 124 Å². The zero-order chi connectivity index (χ0) is 25.2. The second-order valence-electron chi connectivity index (χ2n) is 8.02. The van der Waals surface area contributed by atoms with Gasteiger partial charge in [0.2, 0.25) is 10.0 Å². The van der Waals surface area contributed by atoms with E-state index in [1.807, 2.05) is 4.57 Å². The number of amides is 1. The zero-order valence-corrected chi connectivity index (χ0v) is 21.2. The summed E-state index contributed by atoms with van der Waals surface area (Å²) >= 11 is 7.06. The fourth-order valence-electron chi connectivity index (χ4n) is 3.94. The number of thiazole rings is 1. The molecule has 1 aliphatic rings. The highest BCUT2D eigenvalue weighted by atomic mass is 35.5. The van der Waals surface area contributed by atoms with E-state index in [4.69, 9.17) is 16.3 Å². The van der Waals surface area contributed by atoms with E-state index in [1.54, 1.807) is 13.2 Å². The van der Waals surface area contributed by atoms with Crippen LogP contribution in [0.3, 0.4) is 0 Å². The number of fused-ring (bicyclic) bond motifs is 1. The summed E-state index contributed by atoms with van der Waals surface area (Å²) < 4.78 is 34.8. The number of ether oxygens (including phenoxy) is 1. The molecule has 3 aromatic rings. The van der Waals surface area contributed by atoms with Crippen molar-refractivity contribution in [2.24, 2.45) is 10.9 Å². The van der Waals surface area contributed by atoms with Gasteiger partial charge in [0.1, 0.15) is 0 Å². The lowest BCUT2D eigenvalue weighted by atomic mass is 9.98. The average Bonchev–Trinajstić information content (AvgIpc) is 3.18. The number of methoxy groups -OCH3 is 1. The number of benzene rings is 2. The molecule has 0 saturated carbocycles. The molecule has 2 aromatic carbocycles. The first-order valence-corrected chi connectivity index (χ1v) is 13.4. The van der Waals surface area contributed by atoms with Crippen molar-refractivity contribution < 1.29 is 22.9 Å². The lowest BCUT2D eigenvalue weighted by Gasteiger charge is -2.29. The molecule has 0 spiro atoms. The van der Waals surface area contributed by atoms with E-state index in [-0.39, 0.29) is 29.6 Å². The summed E-state index contributed by atoms with van der Waals surface area (Å²) in [6.45, 7) is 1.22. The third kappa shape index (κ3) is 5.46. The number of rotatable bonds is 7. The molecule has 1 saturated heterocycles. The van der Waals surface area contributed by atoms with Crippen molar-refractivity contribution >= 4 is 54.8 Å². The highest BCUT2D eigenvalue weighted by Crippen LogP contribution is 2.26. The number of carbonyl (C=O) groups excluding carboxylic acids is 1. The molecular weight excluding hydrogens is 516 g/mol. The molecule has 1 aliphatic heterocycles. The number of sulfonamides is 1. The number of hydrogen-bond donors (Lipinski definition) is 0. The van der Waals surface area contributed by atoms with Crippen LogP contribution in [-0.4, -0.2) is 54.9 Å². The summed E-state index contributed by atoms with van der Waals surface area (Å²) in [5.41, 5.74) is 0.692. The Morgan fingerprint density at radius 1 is 1.23 bits per heavy atom. The van der Waals surface area contributed by atoms with Crippen LogP contribution in [0.5, 0.6) is 0 Å². The van der Waals surface area contributed by atoms with Crippen LogP contribution in [0.15, 0.2) is 52.4 Å². The largest absolute Gasteiger partial charge is 0.383 e. The van der Waals surface area contributed by atoms with Crippen LogP contribution < -0.4 is 4.80 Å². The maximum Gasteiger partial charge on any atom is 0.270 e. The van der Waals surface area contributed by atoms with E-state index < -0.39 is 20.9 Å². The minimum Gasteiger partial charge on any atom is -0.383 e. The van der Waals surface area contributed by atoms with Crippen molar-refractivity contribution in [2.75, 3.05) is 26.8 Å². The molecule has 0 atom stereocenters. The Bertz CT molecular complexity index is 1420. The van der Waals surface area contributed by atoms with Gasteiger partial charge in [0.05, 0.1) is 26.6 Å². The Balaban J connectivity index is 1.55. The van der Waals surface area contributed by atoms with E-state index in [9.17, 15) is 23.3 Å². The number of piperidine rings is 1. The van der Waals surface area contributed by atoms with Crippen molar-refractivity contribution in [1.82, 2.24) is 8.87 Å². The molecule has 2 heterocycles. The van der Waals surface area contributed by atoms with Gasteiger partial charge in [0, 0.05) is 49.8 Å². The highest BCUT2D eigenvalue weighted by molar-refractivity contribution is 7.89. The number of nitrogens with zero attached hydrogens (tertiary/aromatic N) is 4. The molecule has 0 aliphatic carbocycles. The lowest BCUT2D eigenvalue weighted by Crippen LogP contribution is -2.40. The van der Waals surface area contributed by atoms with Crippen LogP contribution in [0.25, 0.3) is 10.2 Å². The third-order valence-electron chi connectivity index (χ3n) is 5.86. The zero-order valence-electron chi connectivity index (χ0n) is 18.8. The van der Waals surface area contributed by atoms with Crippen LogP contribution in [0.1, 0.15) is 12.8 Å². The third-order valence-corrected chi connectivity index (χ3v) is 9.06. The SMILES string of the molecule is COCCn1c(=NC(=O)C2CCN(S(=O)(=O)c3ccc(Cl)cc3)CC2)sc2cc([N+](=O)[O-])ccc21. The normalized spacial score (nSPS) is 16.1. The predicted molar refractivity (Wildman–Crippen MR) is 132 cm³/mol. The van der Waals surface area contributed by atoms with Gasteiger partial charge in [-0.2, -0.15) is 9.30 Å². The fourth-order valence-corrected chi connectivity index (χ4v) is 6.63. The van der Waals surface area contributed by atoms with Crippen molar-refractivity contribution in [3.63, 3.8) is 0 Å². The molecule has 186 valence electrons. The number of hydrogen-bond acceptors (Lipinski definition) is 7. The summed E-state index contributed by atoms with van der Waals surface area (Å²) in [5, 5.41) is 11.6. The Morgan fingerprint density at radius 3 is 2.54 bits per heavy atom.